The standard InChI is InChI=1S/C15H21N5O/c1-3-12-9-11(10-14(20-12)16-4-2)15(21)19-6-5-13-17-7-8-18-13/h7-10H,3-6H2,1-2H3,(H,16,20)(H,17,18)(H,19,21). The molecule has 2 aromatic heterocycles. The Morgan fingerprint density at radius 2 is 2.19 bits per heavy atom. The molecule has 2 aromatic rings. The van der Waals surface area contributed by atoms with E-state index in [9.17, 15) is 4.79 Å². The Balaban J connectivity index is 1.98. The van der Waals surface area contributed by atoms with Gasteiger partial charge >= 0.3 is 0 Å². The average Bonchev–Trinajstić information content (AvgIpc) is 3.00. The molecule has 0 bridgehead atoms. The van der Waals surface area contributed by atoms with E-state index in [0.29, 0.717) is 18.5 Å². The molecule has 0 unspecified atom stereocenters. The fourth-order valence-electron chi connectivity index (χ4n) is 2.00. The van der Waals surface area contributed by atoms with E-state index < -0.39 is 0 Å². The highest BCUT2D eigenvalue weighted by Gasteiger charge is 2.09. The largest absolute Gasteiger partial charge is 0.370 e. The molecule has 0 saturated heterocycles. The number of H-pyrrole nitrogens is 1. The first-order chi connectivity index (χ1) is 10.2. The third kappa shape index (κ3) is 4.30. The van der Waals surface area contributed by atoms with Crippen molar-refractivity contribution in [3.8, 4) is 0 Å². The second-order valence-electron chi connectivity index (χ2n) is 4.66. The summed E-state index contributed by atoms with van der Waals surface area (Å²) in [7, 11) is 0. The number of aryl methyl sites for hydroxylation is 1. The monoisotopic (exact) mass is 287 g/mol. The van der Waals surface area contributed by atoms with Crippen LogP contribution in [0.4, 0.5) is 5.82 Å². The van der Waals surface area contributed by atoms with Crippen molar-refractivity contribution in [3.05, 3.63) is 41.6 Å². The molecule has 3 N–H and O–H groups in total. The first-order valence-corrected chi connectivity index (χ1v) is 7.24. The Labute approximate surface area is 124 Å². The van der Waals surface area contributed by atoms with Crippen molar-refractivity contribution in [1.82, 2.24) is 20.3 Å². The number of rotatable bonds is 7. The van der Waals surface area contributed by atoms with Gasteiger partial charge in [0.2, 0.25) is 0 Å². The number of nitrogens with zero attached hydrogens (tertiary/aromatic N) is 2. The van der Waals surface area contributed by atoms with Gasteiger partial charge in [-0.2, -0.15) is 0 Å². The van der Waals surface area contributed by atoms with E-state index in [-0.39, 0.29) is 5.91 Å². The molecule has 0 spiro atoms. The third-order valence-electron chi connectivity index (χ3n) is 3.06. The molecule has 112 valence electrons. The highest BCUT2D eigenvalue weighted by molar-refractivity contribution is 5.95. The SMILES string of the molecule is CCNc1cc(C(=O)NCCc2ncc[nH]2)cc(CC)n1. The zero-order valence-electron chi connectivity index (χ0n) is 12.4. The highest BCUT2D eigenvalue weighted by Crippen LogP contribution is 2.11. The van der Waals surface area contributed by atoms with Crippen LogP contribution in [0.25, 0.3) is 0 Å². The molecule has 0 fully saturated rings. The average molecular weight is 287 g/mol. The maximum atomic E-state index is 12.2. The van der Waals surface area contributed by atoms with Gasteiger partial charge < -0.3 is 15.6 Å². The van der Waals surface area contributed by atoms with Crippen molar-refractivity contribution in [2.45, 2.75) is 26.7 Å². The summed E-state index contributed by atoms with van der Waals surface area (Å²) in [5.41, 5.74) is 1.54. The minimum atomic E-state index is -0.0854. The number of imidazole rings is 1. The van der Waals surface area contributed by atoms with Crippen LogP contribution in [-0.4, -0.2) is 33.9 Å². The van der Waals surface area contributed by atoms with Gasteiger partial charge in [0.15, 0.2) is 0 Å². The Bertz CT molecular complexity index is 580. The molecule has 0 saturated carbocycles. The maximum Gasteiger partial charge on any atom is 0.251 e. The minimum absolute atomic E-state index is 0.0854. The lowest BCUT2D eigenvalue weighted by atomic mass is 10.1. The Kier molecular flexibility index (Phi) is 5.31. The van der Waals surface area contributed by atoms with E-state index in [2.05, 4.69) is 25.6 Å². The van der Waals surface area contributed by atoms with E-state index in [4.69, 9.17) is 0 Å². The molecule has 6 heteroatoms. The van der Waals surface area contributed by atoms with Crippen LogP contribution in [-0.2, 0) is 12.8 Å². The first-order valence-electron chi connectivity index (χ1n) is 7.24. The van der Waals surface area contributed by atoms with Gasteiger partial charge in [-0.3, -0.25) is 4.79 Å². The van der Waals surface area contributed by atoms with Gasteiger partial charge in [-0.25, -0.2) is 9.97 Å². The maximum absolute atomic E-state index is 12.2. The second kappa shape index (κ2) is 7.42. The minimum Gasteiger partial charge on any atom is -0.370 e. The van der Waals surface area contributed by atoms with Crippen LogP contribution < -0.4 is 10.6 Å². The molecule has 0 aliphatic carbocycles. The number of anilines is 1. The number of amides is 1. The summed E-state index contributed by atoms with van der Waals surface area (Å²) < 4.78 is 0. The molecule has 0 aliphatic rings. The van der Waals surface area contributed by atoms with Crippen LogP contribution >= 0.6 is 0 Å². The fraction of sp³-hybridized carbons (Fsp3) is 0.400. The summed E-state index contributed by atoms with van der Waals surface area (Å²) in [5.74, 6) is 1.53. The molecule has 2 heterocycles. The lowest BCUT2D eigenvalue weighted by Crippen LogP contribution is -2.26. The fourth-order valence-corrected chi connectivity index (χ4v) is 2.00. The quantitative estimate of drug-likeness (QED) is 0.725. The van der Waals surface area contributed by atoms with Crippen LogP contribution in [0.5, 0.6) is 0 Å². The van der Waals surface area contributed by atoms with E-state index in [1.54, 1.807) is 18.5 Å². The van der Waals surface area contributed by atoms with Gasteiger partial charge in [0.05, 0.1) is 0 Å². The zero-order valence-corrected chi connectivity index (χ0v) is 12.4. The molecular formula is C15H21N5O. The lowest BCUT2D eigenvalue weighted by molar-refractivity contribution is 0.0954. The number of pyridine rings is 1. The van der Waals surface area contributed by atoms with Gasteiger partial charge in [-0.05, 0) is 25.5 Å². The van der Waals surface area contributed by atoms with Crippen LogP contribution in [0.1, 0.15) is 35.7 Å². The van der Waals surface area contributed by atoms with Crippen LogP contribution in [0.15, 0.2) is 24.5 Å². The Morgan fingerprint density at radius 1 is 1.33 bits per heavy atom. The van der Waals surface area contributed by atoms with Gasteiger partial charge in [0, 0.05) is 43.2 Å². The zero-order chi connectivity index (χ0) is 15.1. The van der Waals surface area contributed by atoms with Crippen LogP contribution in [0.3, 0.4) is 0 Å². The predicted octanol–water partition coefficient (Wildman–Crippen LogP) is 1.77. The van der Waals surface area contributed by atoms with E-state index >= 15 is 0 Å². The molecule has 0 atom stereocenters. The highest BCUT2D eigenvalue weighted by atomic mass is 16.1. The summed E-state index contributed by atoms with van der Waals surface area (Å²) in [4.78, 5) is 23.8. The molecule has 0 aliphatic heterocycles. The molecule has 6 nitrogen and oxygen atoms in total. The van der Waals surface area contributed by atoms with Gasteiger partial charge in [0.25, 0.3) is 5.91 Å². The van der Waals surface area contributed by atoms with E-state index in [1.165, 1.54) is 0 Å². The number of hydrogen-bond donors (Lipinski definition) is 3. The van der Waals surface area contributed by atoms with Crippen LogP contribution in [0.2, 0.25) is 0 Å². The summed E-state index contributed by atoms with van der Waals surface area (Å²) in [5, 5.41) is 6.05. The molecule has 1 amide bonds. The van der Waals surface area contributed by atoms with Crippen molar-refractivity contribution in [3.63, 3.8) is 0 Å². The Hall–Kier alpha value is -2.37. The normalized spacial score (nSPS) is 10.4. The number of carbonyl (C=O) groups excluding carboxylic acids is 1. The number of aromatic amines is 1. The number of aromatic nitrogens is 3. The van der Waals surface area contributed by atoms with Gasteiger partial charge in [-0.1, -0.05) is 6.92 Å². The van der Waals surface area contributed by atoms with Crippen molar-refractivity contribution in [1.29, 1.82) is 0 Å². The van der Waals surface area contributed by atoms with Gasteiger partial charge in [0.1, 0.15) is 11.6 Å². The van der Waals surface area contributed by atoms with Crippen molar-refractivity contribution >= 4 is 11.7 Å². The van der Waals surface area contributed by atoms with Crippen molar-refractivity contribution in [2.24, 2.45) is 0 Å². The van der Waals surface area contributed by atoms with Crippen LogP contribution in [0, 0.1) is 0 Å². The van der Waals surface area contributed by atoms with Crippen molar-refractivity contribution in [2.75, 3.05) is 18.4 Å². The predicted molar refractivity (Wildman–Crippen MR) is 82.4 cm³/mol. The van der Waals surface area contributed by atoms with Gasteiger partial charge in [-0.15, -0.1) is 0 Å². The second-order valence-corrected chi connectivity index (χ2v) is 4.66. The summed E-state index contributed by atoms with van der Waals surface area (Å²) >= 11 is 0. The van der Waals surface area contributed by atoms with E-state index in [0.717, 1.165) is 30.3 Å². The molecule has 0 aromatic carbocycles. The smallest absolute Gasteiger partial charge is 0.251 e. The molecule has 2 rings (SSSR count). The van der Waals surface area contributed by atoms with Crippen molar-refractivity contribution < 1.29 is 4.79 Å². The molecule has 0 radical (unpaired) electrons. The lowest BCUT2D eigenvalue weighted by Gasteiger charge is -2.09. The first kappa shape index (κ1) is 15.0. The Morgan fingerprint density at radius 3 is 2.86 bits per heavy atom. The topological polar surface area (TPSA) is 82.7 Å². The summed E-state index contributed by atoms with van der Waals surface area (Å²) in [6.45, 7) is 5.35. The molecular weight excluding hydrogens is 266 g/mol. The van der Waals surface area contributed by atoms with E-state index in [1.807, 2.05) is 19.9 Å². The number of nitrogens with one attached hydrogen (secondary N) is 3. The number of carbonyl (C=O) groups is 1. The summed E-state index contributed by atoms with van der Waals surface area (Å²) in [6.07, 6.45) is 4.96. The third-order valence-corrected chi connectivity index (χ3v) is 3.06. The summed E-state index contributed by atoms with van der Waals surface area (Å²) in [6, 6.07) is 3.62. The molecule has 21 heavy (non-hydrogen) atoms. The number of hydrogen-bond acceptors (Lipinski definition) is 4.